The van der Waals surface area contributed by atoms with Gasteiger partial charge in [0.15, 0.2) is 0 Å². The van der Waals surface area contributed by atoms with E-state index in [2.05, 4.69) is 31.9 Å². The maximum Gasteiger partial charge on any atom is 0.417 e. The van der Waals surface area contributed by atoms with Gasteiger partial charge in [0.25, 0.3) is 0 Å². The van der Waals surface area contributed by atoms with Gasteiger partial charge >= 0.3 is 6.18 Å². The van der Waals surface area contributed by atoms with Crippen molar-refractivity contribution in [3.63, 3.8) is 0 Å². The van der Waals surface area contributed by atoms with Crippen LogP contribution in [0.25, 0.3) is 0 Å². The zero-order valence-electron chi connectivity index (χ0n) is 6.95. The fraction of sp³-hybridized carbons (Fsp3) is 0.250. The van der Waals surface area contributed by atoms with E-state index in [0.717, 1.165) is 6.07 Å². The number of benzene rings is 1. The Hall–Kier alpha value is -0.230. The molecular weight excluding hydrogens is 329 g/mol. The molecule has 0 unspecified atom stereocenters. The van der Waals surface area contributed by atoms with Crippen molar-refractivity contribution >= 4 is 31.9 Å². The van der Waals surface area contributed by atoms with Crippen LogP contribution in [0.3, 0.4) is 0 Å². The summed E-state index contributed by atoms with van der Waals surface area (Å²) >= 11 is 5.83. The SMILES string of the molecule is COc1cc(Br)c(C(F)(F)F)cc1Br. The van der Waals surface area contributed by atoms with Crippen molar-refractivity contribution in [1.82, 2.24) is 0 Å². The zero-order valence-corrected chi connectivity index (χ0v) is 10.1. The Morgan fingerprint density at radius 3 is 2.14 bits per heavy atom. The average Bonchev–Trinajstić information content (AvgIpc) is 2.06. The van der Waals surface area contributed by atoms with Gasteiger partial charge in [0.2, 0.25) is 0 Å². The van der Waals surface area contributed by atoms with Gasteiger partial charge in [-0.1, -0.05) is 15.9 Å². The summed E-state index contributed by atoms with van der Waals surface area (Å²) in [6, 6.07) is 2.25. The number of rotatable bonds is 1. The molecule has 1 aromatic carbocycles. The molecule has 78 valence electrons. The molecule has 1 nitrogen and oxygen atoms in total. The van der Waals surface area contributed by atoms with Gasteiger partial charge in [0.05, 0.1) is 17.1 Å². The first kappa shape index (κ1) is 11.8. The summed E-state index contributed by atoms with van der Waals surface area (Å²) < 4.78 is 42.2. The van der Waals surface area contributed by atoms with E-state index < -0.39 is 11.7 Å². The van der Waals surface area contributed by atoms with Crippen LogP contribution in [0.2, 0.25) is 0 Å². The monoisotopic (exact) mass is 332 g/mol. The highest BCUT2D eigenvalue weighted by Gasteiger charge is 2.33. The molecule has 0 amide bonds. The molecule has 0 atom stereocenters. The highest BCUT2D eigenvalue weighted by atomic mass is 79.9. The molecule has 0 saturated heterocycles. The third-order valence-electron chi connectivity index (χ3n) is 1.55. The molecule has 0 heterocycles. The van der Waals surface area contributed by atoms with Crippen LogP contribution in [-0.4, -0.2) is 7.11 Å². The Labute approximate surface area is 95.5 Å². The first-order chi connectivity index (χ1) is 6.36. The Kier molecular flexibility index (Phi) is 3.47. The minimum absolute atomic E-state index is 0.0370. The summed E-state index contributed by atoms with van der Waals surface area (Å²) in [5, 5.41) is 0. The molecule has 0 N–H and O–H groups in total. The van der Waals surface area contributed by atoms with Crippen LogP contribution in [0.4, 0.5) is 13.2 Å². The van der Waals surface area contributed by atoms with Gasteiger partial charge < -0.3 is 4.74 Å². The third kappa shape index (κ3) is 2.42. The molecular formula is C8H5Br2F3O. The second kappa shape index (κ2) is 4.10. The molecule has 0 saturated carbocycles. The van der Waals surface area contributed by atoms with E-state index in [1.165, 1.54) is 13.2 Å². The van der Waals surface area contributed by atoms with Crippen LogP contribution in [0.15, 0.2) is 21.1 Å². The van der Waals surface area contributed by atoms with Crippen molar-refractivity contribution in [3.05, 3.63) is 26.6 Å². The normalized spacial score (nSPS) is 11.6. The van der Waals surface area contributed by atoms with Crippen LogP contribution in [-0.2, 0) is 6.18 Å². The van der Waals surface area contributed by atoms with Crippen molar-refractivity contribution in [2.45, 2.75) is 6.18 Å². The van der Waals surface area contributed by atoms with E-state index in [0.29, 0.717) is 5.75 Å². The summed E-state index contributed by atoms with van der Waals surface area (Å²) in [7, 11) is 1.39. The van der Waals surface area contributed by atoms with Crippen LogP contribution < -0.4 is 4.74 Å². The Morgan fingerprint density at radius 2 is 1.71 bits per heavy atom. The summed E-state index contributed by atoms with van der Waals surface area (Å²) in [6.07, 6.45) is -4.37. The lowest BCUT2D eigenvalue weighted by atomic mass is 10.2. The van der Waals surface area contributed by atoms with Crippen molar-refractivity contribution in [3.8, 4) is 5.75 Å². The first-order valence-corrected chi connectivity index (χ1v) is 5.05. The smallest absolute Gasteiger partial charge is 0.417 e. The van der Waals surface area contributed by atoms with Gasteiger partial charge in [0, 0.05) is 4.47 Å². The lowest BCUT2D eigenvalue weighted by Crippen LogP contribution is -2.06. The number of hydrogen-bond acceptors (Lipinski definition) is 1. The van der Waals surface area contributed by atoms with Gasteiger partial charge in [-0.15, -0.1) is 0 Å². The summed E-state index contributed by atoms with van der Waals surface area (Å²) in [6.45, 7) is 0. The van der Waals surface area contributed by atoms with Crippen LogP contribution in [0, 0.1) is 0 Å². The molecule has 0 aromatic heterocycles. The minimum atomic E-state index is -4.37. The average molecular weight is 334 g/mol. The highest BCUT2D eigenvalue weighted by Crippen LogP contribution is 2.40. The van der Waals surface area contributed by atoms with Gasteiger partial charge in [-0.3, -0.25) is 0 Å². The number of hydrogen-bond donors (Lipinski definition) is 0. The van der Waals surface area contributed by atoms with E-state index in [1.54, 1.807) is 0 Å². The van der Waals surface area contributed by atoms with Gasteiger partial charge in [-0.25, -0.2) is 0 Å². The van der Waals surface area contributed by atoms with Crippen molar-refractivity contribution < 1.29 is 17.9 Å². The fourth-order valence-electron chi connectivity index (χ4n) is 0.902. The van der Waals surface area contributed by atoms with E-state index >= 15 is 0 Å². The predicted molar refractivity (Wildman–Crippen MR) is 53.4 cm³/mol. The molecule has 0 spiro atoms. The van der Waals surface area contributed by atoms with Crippen LogP contribution in [0.5, 0.6) is 5.75 Å². The standard InChI is InChI=1S/C8H5Br2F3O/c1-14-7-3-5(9)4(2-6(7)10)8(11,12)13/h2-3H,1H3. The molecule has 0 bridgehead atoms. The number of ether oxygens (including phenoxy) is 1. The molecule has 0 aliphatic rings. The summed E-state index contributed by atoms with van der Waals surface area (Å²) in [5.41, 5.74) is -0.731. The Bertz CT molecular complexity index is 349. The third-order valence-corrected chi connectivity index (χ3v) is 2.82. The number of methoxy groups -OCH3 is 1. The van der Waals surface area contributed by atoms with E-state index in [4.69, 9.17) is 4.74 Å². The highest BCUT2D eigenvalue weighted by molar-refractivity contribution is 9.11. The second-order valence-electron chi connectivity index (χ2n) is 2.46. The van der Waals surface area contributed by atoms with E-state index in [-0.39, 0.29) is 8.95 Å². The molecule has 0 fully saturated rings. The Balaban J connectivity index is 3.29. The van der Waals surface area contributed by atoms with Crippen molar-refractivity contribution in [1.29, 1.82) is 0 Å². The van der Waals surface area contributed by atoms with Gasteiger partial charge in [-0.2, -0.15) is 13.2 Å². The predicted octanol–water partition coefficient (Wildman–Crippen LogP) is 4.24. The quantitative estimate of drug-likeness (QED) is 0.747. The second-order valence-corrected chi connectivity index (χ2v) is 4.17. The molecule has 14 heavy (non-hydrogen) atoms. The van der Waals surface area contributed by atoms with Crippen LogP contribution in [0.1, 0.15) is 5.56 Å². The minimum Gasteiger partial charge on any atom is -0.496 e. The summed E-state index contributed by atoms with van der Waals surface area (Å²) in [4.78, 5) is 0. The zero-order chi connectivity index (χ0) is 10.9. The topological polar surface area (TPSA) is 9.23 Å². The molecule has 0 aliphatic heterocycles. The first-order valence-electron chi connectivity index (χ1n) is 3.46. The fourth-order valence-corrected chi connectivity index (χ4v) is 1.95. The number of alkyl halides is 3. The summed E-state index contributed by atoms with van der Waals surface area (Å²) in [5.74, 6) is 0.352. The maximum atomic E-state index is 12.4. The van der Waals surface area contributed by atoms with E-state index in [1.807, 2.05) is 0 Å². The van der Waals surface area contributed by atoms with Gasteiger partial charge in [0.1, 0.15) is 5.75 Å². The van der Waals surface area contributed by atoms with Crippen molar-refractivity contribution in [2.75, 3.05) is 7.11 Å². The Morgan fingerprint density at radius 1 is 1.14 bits per heavy atom. The van der Waals surface area contributed by atoms with Crippen molar-refractivity contribution in [2.24, 2.45) is 0 Å². The largest absolute Gasteiger partial charge is 0.496 e. The maximum absolute atomic E-state index is 12.4. The van der Waals surface area contributed by atoms with Gasteiger partial charge in [-0.05, 0) is 28.1 Å². The number of halogens is 5. The van der Waals surface area contributed by atoms with Crippen LogP contribution >= 0.6 is 31.9 Å². The lowest BCUT2D eigenvalue weighted by Gasteiger charge is -2.11. The molecule has 0 aliphatic carbocycles. The van der Waals surface area contributed by atoms with E-state index in [9.17, 15) is 13.2 Å². The molecule has 1 rings (SSSR count). The molecule has 6 heteroatoms. The molecule has 1 aromatic rings. The lowest BCUT2D eigenvalue weighted by molar-refractivity contribution is -0.138. The molecule has 0 radical (unpaired) electrons.